The summed E-state index contributed by atoms with van der Waals surface area (Å²) in [4.78, 5) is 2.54. The first-order valence-electron chi connectivity index (χ1n) is 6.91. The van der Waals surface area contributed by atoms with Crippen LogP contribution in [0.3, 0.4) is 0 Å². The lowest BCUT2D eigenvalue weighted by Gasteiger charge is -2.31. The Hall–Kier alpha value is -0.900. The van der Waals surface area contributed by atoms with Crippen molar-refractivity contribution in [3.05, 3.63) is 34.9 Å². The van der Waals surface area contributed by atoms with E-state index in [2.05, 4.69) is 28.4 Å². The van der Waals surface area contributed by atoms with Gasteiger partial charge in [0.2, 0.25) is 0 Å². The van der Waals surface area contributed by atoms with Gasteiger partial charge in [0.1, 0.15) is 0 Å². The molecule has 1 aromatic rings. The number of likely N-dealkylation sites (tertiary alicyclic amines) is 1. The maximum Gasteiger partial charge on any atom is 0.0595 e. The molecule has 98 valence electrons. The monoisotopic (exact) mass is 246 g/mol. The molecule has 18 heavy (non-hydrogen) atoms. The highest BCUT2D eigenvalue weighted by Crippen LogP contribution is 2.20. The van der Waals surface area contributed by atoms with Crippen molar-refractivity contribution >= 4 is 0 Å². The Morgan fingerprint density at radius 3 is 2.78 bits per heavy atom. The van der Waals surface area contributed by atoms with E-state index in [4.69, 9.17) is 4.74 Å². The molecule has 1 N–H and O–H groups in total. The predicted molar refractivity (Wildman–Crippen MR) is 72.3 cm³/mol. The first-order chi connectivity index (χ1) is 8.85. The number of fused-ring (bicyclic) bond motifs is 1. The van der Waals surface area contributed by atoms with E-state index in [-0.39, 0.29) is 0 Å². The van der Waals surface area contributed by atoms with Gasteiger partial charge in [-0.15, -0.1) is 0 Å². The van der Waals surface area contributed by atoms with Crippen molar-refractivity contribution in [2.24, 2.45) is 0 Å². The summed E-state index contributed by atoms with van der Waals surface area (Å²) in [7, 11) is 1.83. The van der Waals surface area contributed by atoms with E-state index in [9.17, 15) is 0 Å². The minimum Gasteiger partial charge on any atom is -0.381 e. The second kappa shape index (κ2) is 5.39. The molecule has 3 rings (SSSR count). The Morgan fingerprint density at radius 2 is 2.00 bits per heavy atom. The summed E-state index contributed by atoms with van der Waals surface area (Å²) in [6, 6.07) is 6.94. The van der Waals surface area contributed by atoms with Gasteiger partial charge in [-0.3, -0.25) is 4.90 Å². The van der Waals surface area contributed by atoms with E-state index in [0.29, 0.717) is 6.10 Å². The van der Waals surface area contributed by atoms with Crippen molar-refractivity contribution in [3.8, 4) is 0 Å². The molecule has 0 atom stereocenters. The van der Waals surface area contributed by atoms with Crippen molar-refractivity contribution in [3.63, 3.8) is 0 Å². The van der Waals surface area contributed by atoms with E-state index < -0.39 is 0 Å². The average Bonchev–Trinajstić information content (AvgIpc) is 2.87. The summed E-state index contributed by atoms with van der Waals surface area (Å²) in [5.74, 6) is 0. The van der Waals surface area contributed by atoms with Crippen LogP contribution >= 0.6 is 0 Å². The summed E-state index contributed by atoms with van der Waals surface area (Å²) < 4.78 is 5.42. The highest BCUT2D eigenvalue weighted by Gasteiger charge is 2.19. The van der Waals surface area contributed by atoms with Gasteiger partial charge in [0.25, 0.3) is 0 Å². The van der Waals surface area contributed by atoms with Crippen LogP contribution in [-0.2, 0) is 24.4 Å². The van der Waals surface area contributed by atoms with Crippen LogP contribution in [0, 0.1) is 0 Å². The zero-order chi connectivity index (χ0) is 12.4. The zero-order valence-electron chi connectivity index (χ0n) is 11.1. The molecule has 0 aromatic heterocycles. The quantitative estimate of drug-likeness (QED) is 0.881. The van der Waals surface area contributed by atoms with Gasteiger partial charge in [0.05, 0.1) is 6.10 Å². The molecule has 0 unspecified atom stereocenters. The number of benzene rings is 1. The van der Waals surface area contributed by atoms with Crippen LogP contribution in [0.5, 0.6) is 0 Å². The second-order valence-corrected chi connectivity index (χ2v) is 5.42. The molecule has 3 nitrogen and oxygen atoms in total. The molecule has 1 fully saturated rings. The van der Waals surface area contributed by atoms with Crippen molar-refractivity contribution in [2.45, 2.75) is 38.6 Å². The summed E-state index contributed by atoms with van der Waals surface area (Å²) in [5.41, 5.74) is 4.41. The lowest BCUT2D eigenvalue weighted by atomic mass is 10.0. The van der Waals surface area contributed by atoms with Gasteiger partial charge in [-0.25, -0.2) is 0 Å². The molecule has 0 radical (unpaired) electrons. The van der Waals surface area contributed by atoms with Gasteiger partial charge in [-0.05, 0) is 29.5 Å². The molecule has 2 aliphatic heterocycles. The number of nitrogens with one attached hydrogen (secondary N) is 1. The van der Waals surface area contributed by atoms with Gasteiger partial charge >= 0.3 is 0 Å². The van der Waals surface area contributed by atoms with Crippen LogP contribution in [0.2, 0.25) is 0 Å². The summed E-state index contributed by atoms with van der Waals surface area (Å²) in [5, 5.41) is 3.40. The Kier molecular flexibility index (Phi) is 3.64. The highest BCUT2D eigenvalue weighted by molar-refractivity contribution is 5.34. The van der Waals surface area contributed by atoms with Crippen LogP contribution in [0.4, 0.5) is 0 Å². The van der Waals surface area contributed by atoms with Crippen molar-refractivity contribution in [2.75, 3.05) is 20.2 Å². The Bertz CT molecular complexity index is 411. The smallest absolute Gasteiger partial charge is 0.0595 e. The standard InChI is InChI=1S/C15H22N2O/c1-18-15-4-6-17(7-5-15)11-12-2-3-13-9-16-10-14(13)8-12/h2-3,8,15-16H,4-7,9-11H2,1H3. The van der Waals surface area contributed by atoms with Crippen molar-refractivity contribution in [1.82, 2.24) is 10.2 Å². The van der Waals surface area contributed by atoms with Crippen LogP contribution < -0.4 is 5.32 Å². The molecule has 2 aliphatic rings. The molecule has 0 spiro atoms. The highest BCUT2D eigenvalue weighted by atomic mass is 16.5. The predicted octanol–water partition coefficient (Wildman–Crippen LogP) is 1.90. The molecule has 0 aliphatic carbocycles. The minimum atomic E-state index is 0.477. The molecule has 3 heteroatoms. The van der Waals surface area contributed by atoms with E-state index in [1.807, 2.05) is 7.11 Å². The third-order valence-electron chi connectivity index (χ3n) is 4.18. The van der Waals surface area contributed by atoms with Crippen molar-refractivity contribution in [1.29, 1.82) is 0 Å². The number of methoxy groups -OCH3 is 1. The fourth-order valence-electron chi connectivity index (χ4n) is 3.01. The topological polar surface area (TPSA) is 24.5 Å². The fraction of sp³-hybridized carbons (Fsp3) is 0.600. The summed E-state index contributed by atoms with van der Waals surface area (Å²) in [6.07, 6.45) is 2.82. The summed E-state index contributed by atoms with van der Waals surface area (Å²) in [6.45, 7) is 5.48. The second-order valence-electron chi connectivity index (χ2n) is 5.42. The molecule has 1 saturated heterocycles. The Labute approximate surface area is 109 Å². The molecular formula is C15H22N2O. The SMILES string of the molecule is COC1CCN(Cc2ccc3c(c2)CNC3)CC1. The summed E-state index contributed by atoms with van der Waals surface area (Å²) >= 11 is 0. The lowest BCUT2D eigenvalue weighted by Crippen LogP contribution is -2.36. The van der Waals surface area contributed by atoms with Gasteiger partial charge in [-0.2, -0.15) is 0 Å². The molecule has 1 aromatic carbocycles. The molecule has 0 bridgehead atoms. The lowest BCUT2D eigenvalue weighted by molar-refractivity contribution is 0.0388. The first-order valence-corrected chi connectivity index (χ1v) is 6.91. The average molecular weight is 246 g/mol. The van der Waals surface area contributed by atoms with E-state index in [1.54, 1.807) is 0 Å². The number of ether oxygens (including phenoxy) is 1. The normalized spacial score (nSPS) is 21.2. The van der Waals surface area contributed by atoms with Gasteiger partial charge < -0.3 is 10.1 Å². The van der Waals surface area contributed by atoms with Crippen LogP contribution in [-0.4, -0.2) is 31.2 Å². The van der Waals surface area contributed by atoms with Crippen LogP contribution in [0.15, 0.2) is 18.2 Å². The Balaban J connectivity index is 1.60. The zero-order valence-corrected chi connectivity index (χ0v) is 11.1. The molecular weight excluding hydrogens is 224 g/mol. The molecule has 0 saturated carbocycles. The van der Waals surface area contributed by atoms with E-state index in [1.165, 1.54) is 29.5 Å². The number of rotatable bonds is 3. The number of nitrogens with zero attached hydrogens (tertiary/aromatic N) is 1. The van der Waals surface area contributed by atoms with Gasteiger partial charge in [-0.1, -0.05) is 18.2 Å². The van der Waals surface area contributed by atoms with Gasteiger partial charge in [0, 0.05) is 39.8 Å². The maximum absolute atomic E-state index is 5.42. The van der Waals surface area contributed by atoms with Crippen molar-refractivity contribution < 1.29 is 4.74 Å². The van der Waals surface area contributed by atoms with E-state index >= 15 is 0 Å². The van der Waals surface area contributed by atoms with Crippen LogP contribution in [0.25, 0.3) is 0 Å². The third-order valence-corrected chi connectivity index (χ3v) is 4.18. The molecule has 2 heterocycles. The first kappa shape index (κ1) is 12.2. The largest absolute Gasteiger partial charge is 0.381 e. The molecule has 0 amide bonds. The number of hydrogen-bond donors (Lipinski definition) is 1. The Morgan fingerprint density at radius 1 is 1.22 bits per heavy atom. The number of hydrogen-bond acceptors (Lipinski definition) is 3. The minimum absolute atomic E-state index is 0.477. The van der Waals surface area contributed by atoms with E-state index in [0.717, 1.165) is 32.7 Å². The van der Waals surface area contributed by atoms with Gasteiger partial charge in [0.15, 0.2) is 0 Å². The van der Waals surface area contributed by atoms with Crippen LogP contribution in [0.1, 0.15) is 29.5 Å². The fourth-order valence-corrected chi connectivity index (χ4v) is 3.01. The number of piperidine rings is 1. The third kappa shape index (κ3) is 2.58. The maximum atomic E-state index is 5.42.